The topological polar surface area (TPSA) is 70.2 Å². The first-order valence-corrected chi connectivity index (χ1v) is 8.38. The zero-order valence-electron chi connectivity index (χ0n) is 15.3. The zero-order valence-corrected chi connectivity index (χ0v) is 15.3. The number of hydrogen-bond acceptors (Lipinski definition) is 5. The third-order valence-corrected chi connectivity index (χ3v) is 3.85. The molecule has 0 atom stereocenters. The first-order chi connectivity index (χ1) is 12.9. The van der Waals surface area contributed by atoms with Gasteiger partial charge in [0, 0.05) is 31.5 Å². The molecule has 0 fully saturated rings. The lowest BCUT2D eigenvalue weighted by Crippen LogP contribution is -2.15. The van der Waals surface area contributed by atoms with Crippen molar-refractivity contribution >= 4 is 28.8 Å². The van der Waals surface area contributed by atoms with E-state index >= 15 is 0 Å². The van der Waals surface area contributed by atoms with Gasteiger partial charge in [-0.05, 0) is 43.3 Å². The second-order valence-corrected chi connectivity index (χ2v) is 6.19. The van der Waals surface area contributed by atoms with Crippen molar-refractivity contribution in [3.8, 4) is 0 Å². The van der Waals surface area contributed by atoms with Gasteiger partial charge in [0.05, 0.1) is 5.69 Å². The number of nitrogens with zero attached hydrogens (tertiary/aromatic N) is 3. The van der Waals surface area contributed by atoms with Gasteiger partial charge < -0.3 is 15.5 Å². The maximum Gasteiger partial charge on any atom is 0.274 e. The molecule has 0 radical (unpaired) electrons. The number of para-hydroxylation sites is 1. The second-order valence-electron chi connectivity index (χ2n) is 6.19. The van der Waals surface area contributed by atoms with Crippen LogP contribution in [0.25, 0.3) is 0 Å². The van der Waals surface area contributed by atoms with Crippen molar-refractivity contribution in [2.24, 2.45) is 0 Å². The van der Waals surface area contributed by atoms with Gasteiger partial charge in [0.1, 0.15) is 23.2 Å². The quantitative estimate of drug-likeness (QED) is 0.716. The minimum absolute atomic E-state index is 0.193. The molecule has 0 aliphatic carbocycles. The third-order valence-electron chi connectivity index (χ3n) is 3.85. The van der Waals surface area contributed by atoms with E-state index in [0.29, 0.717) is 17.3 Å². The van der Waals surface area contributed by atoms with E-state index in [1.54, 1.807) is 25.1 Å². The molecule has 0 saturated carbocycles. The number of benzene rings is 2. The number of carbonyl (C=O) groups excluding carboxylic acids is 1. The molecule has 0 saturated heterocycles. The fraction of sp³-hybridized carbons (Fsp3) is 0.150. The van der Waals surface area contributed by atoms with E-state index < -0.39 is 5.82 Å². The molecule has 27 heavy (non-hydrogen) atoms. The van der Waals surface area contributed by atoms with Crippen LogP contribution >= 0.6 is 0 Å². The van der Waals surface area contributed by atoms with Crippen molar-refractivity contribution in [2.75, 3.05) is 29.6 Å². The van der Waals surface area contributed by atoms with Crippen LogP contribution in [0, 0.1) is 12.7 Å². The summed E-state index contributed by atoms with van der Waals surface area (Å²) in [6, 6.07) is 15.2. The van der Waals surface area contributed by atoms with E-state index in [2.05, 4.69) is 20.6 Å². The lowest BCUT2D eigenvalue weighted by atomic mass is 10.2. The molecule has 0 bridgehead atoms. The van der Waals surface area contributed by atoms with Crippen molar-refractivity contribution in [3.63, 3.8) is 0 Å². The summed E-state index contributed by atoms with van der Waals surface area (Å²) < 4.78 is 13.8. The van der Waals surface area contributed by atoms with Crippen molar-refractivity contribution in [1.82, 2.24) is 9.97 Å². The Kier molecular flexibility index (Phi) is 5.30. The number of carbonyl (C=O) groups is 1. The molecule has 3 aromatic rings. The highest BCUT2D eigenvalue weighted by Crippen LogP contribution is 2.20. The third kappa shape index (κ3) is 4.58. The molecule has 1 amide bonds. The van der Waals surface area contributed by atoms with Gasteiger partial charge in [-0.2, -0.15) is 0 Å². The van der Waals surface area contributed by atoms with Gasteiger partial charge in [0.25, 0.3) is 5.91 Å². The number of rotatable bonds is 5. The predicted molar refractivity (Wildman–Crippen MR) is 105 cm³/mol. The number of aryl methyl sites for hydroxylation is 1. The summed E-state index contributed by atoms with van der Waals surface area (Å²) >= 11 is 0. The van der Waals surface area contributed by atoms with E-state index in [4.69, 9.17) is 0 Å². The fourth-order valence-electron chi connectivity index (χ4n) is 2.49. The molecule has 6 nitrogen and oxygen atoms in total. The van der Waals surface area contributed by atoms with Crippen LogP contribution in [-0.4, -0.2) is 30.0 Å². The Morgan fingerprint density at radius 3 is 2.41 bits per heavy atom. The first kappa shape index (κ1) is 18.3. The Balaban J connectivity index is 1.78. The van der Waals surface area contributed by atoms with Gasteiger partial charge in [0.15, 0.2) is 0 Å². The molecule has 0 aliphatic heterocycles. The Bertz CT molecular complexity index is 957. The molecule has 1 aromatic heterocycles. The number of anilines is 4. The van der Waals surface area contributed by atoms with Crippen LogP contribution in [0.5, 0.6) is 0 Å². The van der Waals surface area contributed by atoms with Crippen LogP contribution in [0.2, 0.25) is 0 Å². The van der Waals surface area contributed by atoms with Gasteiger partial charge in [0.2, 0.25) is 0 Å². The summed E-state index contributed by atoms with van der Waals surface area (Å²) in [6.45, 7) is 1.68. The maximum atomic E-state index is 13.8. The molecule has 7 heteroatoms. The van der Waals surface area contributed by atoms with Crippen LogP contribution in [0.15, 0.2) is 54.6 Å². The monoisotopic (exact) mass is 365 g/mol. The number of hydrogen-bond donors (Lipinski definition) is 2. The van der Waals surface area contributed by atoms with Crippen LogP contribution < -0.4 is 15.5 Å². The molecule has 0 unspecified atom stereocenters. The standard InChI is InChI=1S/C20H20FN5O/c1-13-22-18(12-19(23-13)25-17-7-5-4-6-16(17)21)20(27)24-14-8-10-15(11-9-14)26(2)3/h4-12H,1-3H3,(H,24,27)(H,22,23,25). The van der Waals surface area contributed by atoms with Crippen molar-refractivity contribution in [1.29, 1.82) is 0 Å². The summed E-state index contributed by atoms with van der Waals surface area (Å²) in [4.78, 5) is 22.9. The molecule has 0 spiro atoms. The Hall–Kier alpha value is -3.48. The van der Waals surface area contributed by atoms with Crippen LogP contribution in [0.3, 0.4) is 0 Å². The minimum atomic E-state index is -0.402. The Morgan fingerprint density at radius 1 is 1.04 bits per heavy atom. The lowest BCUT2D eigenvalue weighted by molar-refractivity contribution is 0.102. The average molecular weight is 365 g/mol. The molecular weight excluding hydrogens is 345 g/mol. The SMILES string of the molecule is Cc1nc(Nc2ccccc2F)cc(C(=O)Nc2ccc(N(C)C)cc2)n1. The first-order valence-electron chi connectivity index (χ1n) is 8.38. The van der Waals surface area contributed by atoms with Gasteiger partial charge in [-0.1, -0.05) is 12.1 Å². The highest BCUT2D eigenvalue weighted by atomic mass is 19.1. The smallest absolute Gasteiger partial charge is 0.274 e. The summed E-state index contributed by atoms with van der Waals surface area (Å²) in [5.74, 6) is -0.0133. The van der Waals surface area contributed by atoms with E-state index in [-0.39, 0.29) is 17.3 Å². The van der Waals surface area contributed by atoms with E-state index in [1.807, 2.05) is 43.3 Å². The average Bonchev–Trinajstić information content (AvgIpc) is 2.63. The number of amides is 1. The largest absolute Gasteiger partial charge is 0.378 e. The summed E-state index contributed by atoms with van der Waals surface area (Å²) in [6.07, 6.45) is 0. The van der Waals surface area contributed by atoms with Crippen molar-refractivity contribution in [3.05, 3.63) is 71.9 Å². The van der Waals surface area contributed by atoms with Gasteiger partial charge in [-0.15, -0.1) is 0 Å². The Morgan fingerprint density at radius 2 is 1.74 bits per heavy atom. The van der Waals surface area contributed by atoms with Crippen molar-refractivity contribution in [2.45, 2.75) is 6.92 Å². The molecular formula is C20H20FN5O. The van der Waals surface area contributed by atoms with E-state index in [9.17, 15) is 9.18 Å². The summed E-state index contributed by atoms with van der Waals surface area (Å²) in [5, 5.41) is 5.68. The number of nitrogens with one attached hydrogen (secondary N) is 2. The highest BCUT2D eigenvalue weighted by Gasteiger charge is 2.12. The minimum Gasteiger partial charge on any atom is -0.378 e. The molecule has 3 rings (SSSR count). The fourth-order valence-corrected chi connectivity index (χ4v) is 2.49. The molecule has 2 N–H and O–H groups in total. The van der Waals surface area contributed by atoms with Crippen LogP contribution in [0.1, 0.15) is 16.3 Å². The molecule has 0 aliphatic rings. The van der Waals surface area contributed by atoms with Crippen LogP contribution in [-0.2, 0) is 0 Å². The van der Waals surface area contributed by atoms with Gasteiger partial charge >= 0.3 is 0 Å². The maximum absolute atomic E-state index is 13.8. The summed E-state index contributed by atoms with van der Waals surface area (Å²) in [7, 11) is 3.89. The van der Waals surface area contributed by atoms with Gasteiger partial charge in [-0.25, -0.2) is 14.4 Å². The molecule has 2 aromatic carbocycles. The second kappa shape index (κ2) is 7.82. The Labute approximate surface area is 157 Å². The van der Waals surface area contributed by atoms with Crippen LogP contribution in [0.4, 0.5) is 27.3 Å². The van der Waals surface area contributed by atoms with Crippen molar-refractivity contribution < 1.29 is 9.18 Å². The predicted octanol–water partition coefficient (Wildman–Crippen LogP) is 3.99. The molecule has 138 valence electrons. The zero-order chi connectivity index (χ0) is 19.4. The number of halogens is 1. The summed E-state index contributed by atoms with van der Waals surface area (Å²) in [5.41, 5.74) is 2.16. The normalized spacial score (nSPS) is 10.4. The molecule has 1 heterocycles. The number of aromatic nitrogens is 2. The highest BCUT2D eigenvalue weighted by molar-refractivity contribution is 6.03. The van der Waals surface area contributed by atoms with Gasteiger partial charge in [-0.3, -0.25) is 4.79 Å². The lowest BCUT2D eigenvalue weighted by Gasteiger charge is -2.13. The van der Waals surface area contributed by atoms with E-state index in [0.717, 1.165) is 5.69 Å². The van der Waals surface area contributed by atoms with E-state index in [1.165, 1.54) is 12.1 Å².